The minimum Gasteiger partial charge on any atom is -0.454 e. The topological polar surface area (TPSA) is 76.4 Å². The number of anilines is 1. The maximum Gasteiger partial charge on any atom is 0.390 e. The Morgan fingerprint density at radius 3 is 2.52 bits per heavy atom. The van der Waals surface area contributed by atoms with Gasteiger partial charge in [0.2, 0.25) is 0 Å². The zero-order valence-electron chi connectivity index (χ0n) is 16.0. The van der Waals surface area contributed by atoms with Crippen LogP contribution in [0.25, 0.3) is 0 Å². The molecular weight excluding hydrogens is 403 g/mol. The van der Waals surface area contributed by atoms with Crippen LogP contribution in [-0.4, -0.2) is 25.2 Å². The first-order chi connectivity index (χ1) is 13.8. The van der Waals surface area contributed by atoms with Crippen molar-refractivity contribution in [1.29, 1.82) is 0 Å². The summed E-state index contributed by atoms with van der Waals surface area (Å²) < 4.78 is 43.0. The van der Waals surface area contributed by atoms with Gasteiger partial charge in [-0.1, -0.05) is 31.5 Å². The highest BCUT2D eigenvalue weighted by Crippen LogP contribution is 2.38. The van der Waals surface area contributed by atoms with Gasteiger partial charge in [-0.2, -0.15) is 13.2 Å². The maximum atomic E-state index is 12.4. The number of carbonyl (C=O) groups is 1. The fourth-order valence-electron chi connectivity index (χ4n) is 2.48. The third-order valence-corrected chi connectivity index (χ3v) is 4.50. The number of rotatable bonds is 10. The lowest BCUT2D eigenvalue weighted by atomic mass is 10.1. The van der Waals surface area contributed by atoms with E-state index in [4.69, 9.17) is 9.88 Å². The minimum absolute atomic E-state index is 0.208. The Balaban J connectivity index is 2.28. The summed E-state index contributed by atoms with van der Waals surface area (Å²) in [7, 11) is 0. The average molecular weight is 427 g/mol. The minimum atomic E-state index is -4.33. The third kappa shape index (κ3) is 7.51. The molecular formula is C20H24F3N3O2S. The van der Waals surface area contributed by atoms with Crippen molar-refractivity contribution >= 4 is 23.5 Å². The predicted octanol–water partition coefficient (Wildman–Crippen LogP) is 5.34. The first-order valence-corrected chi connectivity index (χ1v) is 10.1. The number of ether oxygens (including phenoxy) is 1. The molecule has 158 valence electrons. The van der Waals surface area contributed by atoms with E-state index in [0.717, 1.165) is 24.8 Å². The van der Waals surface area contributed by atoms with Crippen molar-refractivity contribution in [2.75, 3.05) is 18.4 Å². The highest BCUT2D eigenvalue weighted by Gasteiger charge is 2.27. The Hall–Kier alpha value is -2.39. The second kappa shape index (κ2) is 11.0. The molecule has 0 spiro atoms. The SMILES string of the molecule is CCCCNc1cc(C(=O)NCCC(F)(F)F)cc(SN)c1Oc1ccccc1. The molecule has 0 aromatic heterocycles. The van der Waals surface area contributed by atoms with Gasteiger partial charge < -0.3 is 15.4 Å². The standard InChI is InChI=1S/C20H24F3N3O2S/c1-2-3-10-25-16-12-14(19(27)26-11-9-20(21,22)23)13-17(29-24)18(16)28-15-7-5-4-6-8-15/h4-8,12-13,25H,2-3,9-11,24H2,1H3,(H,26,27). The summed E-state index contributed by atoms with van der Waals surface area (Å²) in [6.45, 7) is 2.21. The molecule has 29 heavy (non-hydrogen) atoms. The summed E-state index contributed by atoms with van der Waals surface area (Å²) in [6.07, 6.45) is -3.55. The molecule has 2 aromatic carbocycles. The van der Waals surface area contributed by atoms with Crippen molar-refractivity contribution in [2.24, 2.45) is 5.14 Å². The third-order valence-electron chi connectivity index (χ3n) is 3.95. The van der Waals surface area contributed by atoms with Gasteiger partial charge in [0, 0.05) is 18.7 Å². The molecule has 1 amide bonds. The fourth-order valence-corrected chi connectivity index (χ4v) is 2.94. The van der Waals surface area contributed by atoms with Crippen LogP contribution >= 0.6 is 11.9 Å². The number of benzene rings is 2. The second-order valence-corrected chi connectivity index (χ2v) is 6.96. The normalized spacial score (nSPS) is 11.2. The quantitative estimate of drug-likeness (QED) is 0.353. The Labute approximate surface area is 172 Å². The van der Waals surface area contributed by atoms with Gasteiger partial charge in [0.05, 0.1) is 17.0 Å². The predicted molar refractivity (Wildman–Crippen MR) is 109 cm³/mol. The molecule has 0 radical (unpaired) electrons. The van der Waals surface area contributed by atoms with E-state index in [1.807, 2.05) is 18.2 Å². The van der Waals surface area contributed by atoms with Crippen LogP contribution in [-0.2, 0) is 0 Å². The van der Waals surface area contributed by atoms with Gasteiger partial charge in [0.25, 0.3) is 5.91 Å². The van der Waals surface area contributed by atoms with Crippen molar-refractivity contribution in [3.05, 3.63) is 48.0 Å². The molecule has 2 aromatic rings. The van der Waals surface area contributed by atoms with Crippen molar-refractivity contribution in [3.8, 4) is 11.5 Å². The molecule has 0 aliphatic rings. The number of alkyl halides is 3. The number of hydrogen-bond donors (Lipinski definition) is 3. The molecule has 2 rings (SSSR count). The molecule has 0 aliphatic carbocycles. The largest absolute Gasteiger partial charge is 0.454 e. The highest BCUT2D eigenvalue weighted by molar-refractivity contribution is 7.97. The number of para-hydroxylation sites is 1. The first-order valence-electron chi connectivity index (χ1n) is 9.20. The molecule has 0 saturated heterocycles. The zero-order valence-corrected chi connectivity index (χ0v) is 16.8. The van der Waals surface area contributed by atoms with E-state index in [-0.39, 0.29) is 5.56 Å². The Morgan fingerprint density at radius 2 is 1.90 bits per heavy atom. The lowest BCUT2D eigenvalue weighted by Crippen LogP contribution is -2.28. The van der Waals surface area contributed by atoms with E-state index in [1.54, 1.807) is 18.2 Å². The van der Waals surface area contributed by atoms with E-state index >= 15 is 0 Å². The number of hydrogen-bond acceptors (Lipinski definition) is 5. The zero-order chi connectivity index (χ0) is 21.3. The van der Waals surface area contributed by atoms with Gasteiger partial charge >= 0.3 is 6.18 Å². The van der Waals surface area contributed by atoms with Crippen molar-refractivity contribution in [2.45, 2.75) is 37.3 Å². The molecule has 0 saturated carbocycles. The Bertz CT molecular complexity index is 802. The smallest absolute Gasteiger partial charge is 0.390 e. The Kier molecular flexibility index (Phi) is 8.66. The molecule has 0 bridgehead atoms. The summed E-state index contributed by atoms with van der Waals surface area (Å²) >= 11 is 0.903. The summed E-state index contributed by atoms with van der Waals surface area (Å²) in [5.41, 5.74) is 0.762. The van der Waals surface area contributed by atoms with Crippen LogP contribution in [0.4, 0.5) is 18.9 Å². The van der Waals surface area contributed by atoms with Crippen LogP contribution < -0.4 is 20.5 Å². The van der Waals surface area contributed by atoms with Crippen LogP contribution in [0.15, 0.2) is 47.4 Å². The van der Waals surface area contributed by atoms with Gasteiger partial charge in [-0.15, -0.1) is 0 Å². The number of unbranched alkanes of at least 4 members (excludes halogenated alkanes) is 1. The van der Waals surface area contributed by atoms with E-state index in [9.17, 15) is 18.0 Å². The molecule has 9 heteroatoms. The van der Waals surface area contributed by atoms with Crippen LogP contribution in [0.2, 0.25) is 0 Å². The van der Waals surface area contributed by atoms with Crippen molar-refractivity contribution in [1.82, 2.24) is 5.32 Å². The first kappa shape index (κ1) is 22.9. The van der Waals surface area contributed by atoms with E-state index < -0.39 is 25.0 Å². The lowest BCUT2D eigenvalue weighted by Gasteiger charge is -2.18. The number of amides is 1. The number of nitrogens with one attached hydrogen (secondary N) is 2. The molecule has 0 atom stereocenters. The van der Waals surface area contributed by atoms with E-state index in [1.165, 1.54) is 6.07 Å². The lowest BCUT2D eigenvalue weighted by molar-refractivity contribution is -0.132. The number of carbonyl (C=O) groups excluding carboxylic acids is 1. The monoisotopic (exact) mass is 427 g/mol. The van der Waals surface area contributed by atoms with Gasteiger partial charge in [0.1, 0.15) is 5.75 Å². The van der Waals surface area contributed by atoms with Gasteiger partial charge in [0.15, 0.2) is 5.75 Å². The van der Waals surface area contributed by atoms with Crippen LogP contribution in [0, 0.1) is 0 Å². The molecule has 4 N–H and O–H groups in total. The molecule has 5 nitrogen and oxygen atoms in total. The van der Waals surface area contributed by atoms with E-state index in [2.05, 4.69) is 17.6 Å². The summed E-state index contributed by atoms with van der Waals surface area (Å²) in [5.74, 6) is 0.463. The van der Waals surface area contributed by atoms with Crippen LogP contribution in [0.3, 0.4) is 0 Å². The summed E-state index contributed by atoms with van der Waals surface area (Å²) in [6, 6.07) is 12.2. The molecule has 0 unspecified atom stereocenters. The number of nitrogens with two attached hydrogens (primary N) is 1. The summed E-state index contributed by atoms with van der Waals surface area (Å²) in [5, 5.41) is 11.3. The average Bonchev–Trinajstić information content (AvgIpc) is 2.68. The molecule has 0 aliphatic heterocycles. The summed E-state index contributed by atoms with van der Waals surface area (Å²) in [4.78, 5) is 12.8. The van der Waals surface area contributed by atoms with Gasteiger partial charge in [-0.05, 0) is 42.6 Å². The Morgan fingerprint density at radius 1 is 1.17 bits per heavy atom. The molecule has 0 fully saturated rings. The molecule has 0 heterocycles. The second-order valence-electron chi connectivity index (χ2n) is 6.29. The van der Waals surface area contributed by atoms with Crippen molar-refractivity contribution in [3.63, 3.8) is 0 Å². The van der Waals surface area contributed by atoms with Crippen molar-refractivity contribution < 1.29 is 22.7 Å². The van der Waals surface area contributed by atoms with Gasteiger partial charge in [-0.3, -0.25) is 9.93 Å². The fraction of sp³-hybridized carbons (Fsp3) is 0.350. The maximum absolute atomic E-state index is 12.4. The van der Waals surface area contributed by atoms with E-state index in [0.29, 0.717) is 28.6 Å². The van der Waals surface area contributed by atoms with Crippen LogP contribution in [0.5, 0.6) is 11.5 Å². The van der Waals surface area contributed by atoms with Gasteiger partial charge in [-0.25, -0.2) is 0 Å². The van der Waals surface area contributed by atoms with Crippen LogP contribution in [0.1, 0.15) is 36.5 Å². The highest BCUT2D eigenvalue weighted by atomic mass is 32.2. The number of halogens is 3.